The van der Waals surface area contributed by atoms with Gasteiger partial charge in [0.2, 0.25) is 0 Å². The number of rotatable bonds is 8. The maximum atomic E-state index is 11.9. The molecule has 1 aliphatic heterocycles. The van der Waals surface area contributed by atoms with Crippen molar-refractivity contribution in [3.8, 4) is 0 Å². The van der Waals surface area contributed by atoms with Crippen LogP contribution in [0, 0.1) is 5.92 Å². The third-order valence-corrected chi connectivity index (χ3v) is 6.44. The topological polar surface area (TPSA) is 49.8 Å². The number of anilines is 1. The number of carboxylic acid groups (broad SMARTS) is 1. The number of carboxylic acids is 1. The first kappa shape index (κ1) is 23.1. The molecule has 4 nitrogen and oxygen atoms in total. The van der Waals surface area contributed by atoms with E-state index in [9.17, 15) is 9.90 Å². The summed E-state index contributed by atoms with van der Waals surface area (Å²) in [6, 6.07) is 27.1. The highest BCUT2D eigenvalue weighted by atomic mass is 16.5. The molecular formula is C29H33NO3. The Morgan fingerprint density at radius 2 is 1.61 bits per heavy atom. The maximum Gasteiger partial charge on any atom is 0.332 e. The molecule has 3 atom stereocenters. The monoisotopic (exact) mass is 443 g/mol. The van der Waals surface area contributed by atoms with Gasteiger partial charge in [-0.1, -0.05) is 86.6 Å². The van der Waals surface area contributed by atoms with E-state index in [0.29, 0.717) is 12.3 Å². The van der Waals surface area contributed by atoms with Gasteiger partial charge in [-0.05, 0) is 47.1 Å². The second-order valence-corrected chi connectivity index (χ2v) is 9.46. The molecule has 0 spiro atoms. The lowest BCUT2D eigenvalue weighted by molar-refractivity contribution is -0.154. The van der Waals surface area contributed by atoms with Crippen molar-refractivity contribution in [2.24, 2.45) is 5.92 Å². The van der Waals surface area contributed by atoms with Crippen LogP contribution in [-0.2, 0) is 16.0 Å². The smallest absolute Gasteiger partial charge is 0.332 e. The number of nitrogens with zero attached hydrogens (tertiary/aromatic N) is 1. The lowest BCUT2D eigenvalue weighted by Crippen LogP contribution is -2.31. The Morgan fingerprint density at radius 1 is 0.970 bits per heavy atom. The van der Waals surface area contributed by atoms with Crippen molar-refractivity contribution in [1.82, 2.24) is 0 Å². The highest BCUT2D eigenvalue weighted by molar-refractivity contribution is 5.72. The summed E-state index contributed by atoms with van der Waals surface area (Å²) in [6.45, 7) is 5.01. The zero-order valence-electron chi connectivity index (χ0n) is 19.6. The average molecular weight is 444 g/mol. The van der Waals surface area contributed by atoms with E-state index < -0.39 is 18.2 Å². The summed E-state index contributed by atoms with van der Waals surface area (Å²) in [6.07, 6.45) is 0.228. The van der Waals surface area contributed by atoms with Crippen molar-refractivity contribution in [3.63, 3.8) is 0 Å². The maximum absolute atomic E-state index is 11.9. The molecule has 0 fully saturated rings. The molecule has 33 heavy (non-hydrogen) atoms. The van der Waals surface area contributed by atoms with E-state index in [1.54, 1.807) is 0 Å². The van der Waals surface area contributed by atoms with Crippen molar-refractivity contribution in [2.75, 3.05) is 18.5 Å². The Hall–Kier alpha value is -3.11. The van der Waals surface area contributed by atoms with Gasteiger partial charge in [-0.15, -0.1) is 0 Å². The van der Waals surface area contributed by atoms with E-state index in [2.05, 4.69) is 60.5 Å². The van der Waals surface area contributed by atoms with E-state index in [0.717, 1.165) is 24.1 Å². The first-order valence-corrected chi connectivity index (χ1v) is 11.7. The van der Waals surface area contributed by atoms with Gasteiger partial charge in [0, 0.05) is 25.2 Å². The van der Waals surface area contributed by atoms with Crippen LogP contribution < -0.4 is 4.90 Å². The third kappa shape index (κ3) is 5.45. The van der Waals surface area contributed by atoms with Crippen LogP contribution in [-0.4, -0.2) is 30.8 Å². The van der Waals surface area contributed by atoms with Gasteiger partial charge in [0.25, 0.3) is 0 Å². The number of likely N-dealkylation sites (N-methyl/N-ethyl adjacent to an activating group) is 1. The molecule has 1 aliphatic rings. The second-order valence-electron chi connectivity index (χ2n) is 9.46. The largest absolute Gasteiger partial charge is 0.479 e. The first-order chi connectivity index (χ1) is 15.9. The molecule has 1 heterocycles. The minimum Gasteiger partial charge on any atom is -0.479 e. The van der Waals surface area contributed by atoms with E-state index >= 15 is 0 Å². The Kier molecular flexibility index (Phi) is 7.14. The van der Waals surface area contributed by atoms with E-state index in [1.807, 2.05) is 44.2 Å². The normalized spacial score (nSPS) is 17.5. The molecule has 0 radical (unpaired) electrons. The summed E-state index contributed by atoms with van der Waals surface area (Å²) in [5.74, 6) is -0.260. The van der Waals surface area contributed by atoms with Gasteiger partial charge in [0.05, 0.1) is 0 Å². The number of benzene rings is 3. The van der Waals surface area contributed by atoms with Crippen LogP contribution in [0.15, 0.2) is 78.9 Å². The average Bonchev–Trinajstić information content (AvgIpc) is 2.82. The number of ether oxygens (including phenoxy) is 1. The van der Waals surface area contributed by atoms with Crippen molar-refractivity contribution in [1.29, 1.82) is 0 Å². The van der Waals surface area contributed by atoms with Gasteiger partial charge in [-0.3, -0.25) is 0 Å². The van der Waals surface area contributed by atoms with Crippen LogP contribution >= 0.6 is 0 Å². The molecule has 3 aromatic rings. The van der Waals surface area contributed by atoms with Crippen LogP contribution in [0.2, 0.25) is 0 Å². The van der Waals surface area contributed by atoms with Crippen molar-refractivity contribution in [3.05, 3.63) is 101 Å². The summed E-state index contributed by atoms with van der Waals surface area (Å²) in [4.78, 5) is 14.2. The van der Waals surface area contributed by atoms with Gasteiger partial charge >= 0.3 is 5.97 Å². The van der Waals surface area contributed by atoms with Crippen LogP contribution in [0.3, 0.4) is 0 Å². The minimum absolute atomic E-state index is 0.232. The van der Waals surface area contributed by atoms with Crippen molar-refractivity contribution in [2.45, 2.75) is 44.8 Å². The molecule has 0 bridgehead atoms. The van der Waals surface area contributed by atoms with Crippen LogP contribution in [0.5, 0.6) is 0 Å². The number of aliphatic carboxylic acids is 1. The van der Waals surface area contributed by atoms with Gasteiger partial charge in [-0.2, -0.15) is 0 Å². The molecule has 3 aromatic carbocycles. The molecular weight excluding hydrogens is 410 g/mol. The molecule has 4 rings (SSSR count). The molecule has 0 amide bonds. The van der Waals surface area contributed by atoms with E-state index in [-0.39, 0.29) is 5.92 Å². The molecule has 0 saturated carbocycles. The lowest BCUT2D eigenvalue weighted by atomic mass is 9.86. The predicted molar refractivity (Wildman–Crippen MR) is 133 cm³/mol. The summed E-state index contributed by atoms with van der Waals surface area (Å²) >= 11 is 0. The quantitative estimate of drug-likeness (QED) is 0.459. The number of fused-ring (bicyclic) bond motifs is 1. The molecule has 0 saturated heterocycles. The standard InChI is InChI=1S/C29H33NO3/c1-20(2)17-27(29(31)32)33-28(22-9-5-4-6-10-22)23-15-13-21(14-16-23)25-18-24-11-7-8-12-26(24)30(3)19-25/h4-16,20,25,27-28H,17-19H2,1-3H3,(H,31,32)/t25?,27-,28?/m0/s1. The number of hydrogen-bond acceptors (Lipinski definition) is 3. The fourth-order valence-corrected chi connectivity index (χ4v) is 4.77. The Morgan fingerprint density at radius 3 is 2.27 bits per heavy atom. The van der Waals surface area contributed by atoms with Crippen molar-refractivity contribution < 1.29 is 14.6 Å². The van der Waals surface area contributed by atoms with Crippen molar-refractivity contribution >= 4 is 11.7 Å². The first-order valence-electron chi connectivity index (χ1n) is 11.7. The van der Waals surface area contributed by atoms with Gasteiger partial charge in [0.1, 0.15) is 6.10 Å². The van der Waals surface area contributed by atoms with Gasteiger partial charge < -0.3 is 14.7 Å². The Balaban J connectivity index is 1.59. The fraction of sp³-hybridized carbons (Fsp3) is 0.345. The predicted octanol–water partition coefficient (Wildman–Crippen LogP) is 6.07. The summed E-state index contributed by atoms with van der Waals surface area (Å²) in [7, 11) is 2.15. The van der Waals surface area contributed by atoms with Gasteiger partial charge in [0.15, 0.2) is 6.10 Å². The molecule has 0 aliphatic carbocycles. The summed E-state index contributed by atoms with van der Waals surface area (Å²) in [5.41, 5.74) is 5.93. The van der Waals surface area contributed by atoms with E-state index in [1.165, 1.54) is 16.8 Å². The lowest BCUT2D eigenvalue weighted by Gasteiger charge is -2.34. The molecule has 1 N–H and O–H groups in total. The highest BCUT2D eigenvalue weighted by Gasteiger charge is 2.27. The molecule has 4 heteroatoms. The molecule has 172 valence electrons. The second kappa shape index (κ2) is 10.2. The fourth-order valence-electron chi connectivity index (χ4n) is 4.77. The summed E-state index contributed by atoms with van der Waals surface area (Å²) in [5, 5.41) is 9.75. The minimum atomic E-state index is -0.912. The SMILES string of the molecule is CC(C)C[C@H](OC(c1ccccc1)c1ccc(C2Cc3ccccc3N(C)C2)cc1)C(=O)O. The highest BCUT2D eigenvalue weighted by Crippen LogP contribution is 2.35. The Labute approximate surface area is 196 Å². The number of para-hydroxylation sites is 1. The summed E-state index contributed by atoms with van der Waals surface area (Å²) < 4.78 is 6.24. The third-order valence-electron chi connectivity index (χ3n) is 6.44. The zero-order valence-corrected chi connectivity index (χ0v) is 19.6. The Bertz CT molecular complexity index is 1060. The zero-order chi connectivity index (χ0) is 23.4. The van der Waals surface area contributed by atoms with Crippen LogP contribution in [0.4, 0.5) is 5.69 Å². The van der Waals surface area contributed by atoms with E-state index in [4.69, 9.17) is 4.74 Å². The number of hydrogen-bond donors (Lipinski definition) is 1. The number of carbonyl (C=O) groups is 1. The molecule has 0 aromatic heterocycles. The molecule has 2 unspecified atom stereocenters. The van der Waals surface area contributed by atoms with Crippen LogP contribution in [0.1, 0.15) is 54.5 Å². The van der Waals surface area contributed by atoms with Gasteiger partial charge in [-0.25, -0.2) is 4.79 Å². The van der Waals surface area contributed by atoms with Crippen LogP contribution in [0.25, 0.3) is 0 Å².